The highest BCUT2D eigenvalue weighted by Crippen LogP contribution is 2.17. The van der Waals surface area contributed by atoms with Crippen LogP contribution >= 0.6 is 11.3 Å². The highest BCUT2D eigenvalue weighted by molar-refractivity contribution is 7.17. The Bertz CT molecular complexity index is 612. The second-order valence-electron chi connectivity index (χ2n) is 3.92. The number of carbonyl (C=O) groups is 1. The summed E-state index contributed by atoms with van der Waals surface area (Å²) in [5.41, 5.74) is -0.998. The van der Waals surface area contributed by atoms with Crippen LogP contribution in [0.25, 0.3) is 10.2 Å². The zero-order chi connectivity index (χ0) is 11.9. The molecule has 6 heteroatoms. The van der Waals surface area contributed by atoms with Gasteiger partial charge in [-0.15, -0.1) is 11.3 Å². The number of fused-ring (bicyclic) bond motifs is 1. The molecule has 5 nitrogen and oxygen atoms in total. The molecule has 0 radical (unpaired) electrons. The molecular formula is C10H10N2O3S. The fourth-order valence-corrected chi connectivity index (χ4v) is 2.12. The highest BCUT2D eigenvalue weighted by Gasteiger charge is 2.31. The minimum atomic E-state index is -1.29. The van der Waals surface area contributed by atoms with Crippen molar-refractivity contribution in [2.24, 2.45) is 0 Å². The van der Waals surface area contributed by atoms with Crippen LogP contribution in [0.2, 0.25) is 0 Å². The van der Waals surface area contributed by atoms with Gasteiger partial charge in [0.1, 0.15) is 10.2 Å². The van der Waals surface area contributed by atoms with Crippen molar-refractivity contribution >= 4 is 27.5 Å². The van der Waals surface area contributed by atoms with Crippen molar-refractivity contribution in [3.63, 3.8) is 0 Å². The third kappa shape index (κ3) is 1.42. The molecule has 2 aromatic heterocycles. The number of rotatable bonds is 2. The molecule has 0 bridgehead atoms. The lowest BCUT2D eigenvalue weighted by Gasteiger charge is -2.21. The van der Waals surface area contributed by atoms with Gasteiger partial charge in [-0.3, -0.25) is 9.36 Å². The van der Waals surface area contributed by atoms with Crippen molar-refractivity contribution in [3.05, 3.63) is 28.1 Å². The predicted molar refractivity (Wildman–Crippen MR) is 60.8 cm³/mol. The number of carboxylic acids is 1. The predicted octanol–water partition coefficient (Wildman–Crippen LogP) is 1.28. The van der Waals surface area contributed by atoms with Crippen LogP contribution in [0.5, 0.6) is 0 Å². The summed E-state index contributed by atoms with van der Waals surface area (Å²) in [4.78, 5) is 27.1. The van der Waals surface area contributed by atoms with Crippen LogP contribution in [0.4, 0.5) is 0 Å². The lowest BCUT2D eigenvalue weighted by molar-refractivity contribution is -0.145. The van der Waals surface area contributed by atoms with Gasteiger partial charge in [0.05, 0.1) is 11.8 Å². The molecular weight excluding hydrogens is 228 g/mol. The van der Waals surface area contributed by atoms with E-state index in [1.807, 2.05) is 0 Å². The topological polar surface area (TPSA) is 72.2 Å². The summed E-state index contributed by atoms with van der Waals surface area (Å²) < 4.78 is 1.63. The first-order valence-electron chi connectivity index (χ1n) is 4.63. The maximum atomic E-state index is 12.0. The van der Waals surface area contributed by atoms with Crippen LogP contribution in [0.1, 0.15) is 13.8 Å². The average Bonchev–Trinajstić information content (AvgIpc) is 2.66. The van der Waals surface area contributed by atoms with Gasteiger partial charge in [0.25, 0.3) is 5.56 Å². The largest absolute Gasteiger partial charge is 0.480 e. The molecule has 0 saturated heterocycles. The van der Waals surface area contributed by atoms with Crippen molar-refractivity contribution in [1.29, 1.82) is 0 Å². The summed E-state index contributed by atoms with van der Waals surface area (Å²) in [5.74, 6) is -1.06. The lowest BCUT2D eigenvalue weighted by atomic mass is 10.1. The van der Waals surface area contributed by atoms with Crippen molar-refractivity contribution in [3.8, 4) is 0 Å². The van der Waals surface area contributed by atoms with Gasteiger partial charge < -0.3 is 5.11 Å². The first-order valence-corrected chi connectivity index (χ1v) is 5.51. The smallest absolute Gasteiger partial charge is 0.329 e. The molecule has 0 saturated carbocycles. The van der Waals surface area contributed by atoms with E-state index in [1.165, 1.54) is 31.5 Å². The van der Waals surface area contributed by atoms with Crippen molar-refractivity contribution in [2.45, 2.75) is 19.4 Å². The molecule has 0 aliphatic rings. The van der Waals surface area contributed by atoms with Crippen molar-refractivity contribution in [2.75, 3.05) is 0 Å². The molecule has 2 rings (SSSR count). The van der Waals surface area contributed by atoms with Crippen LogP contribution in [0, 0.1) is 0 Å². The van der Waals surface area contributed by atoms with Gasteiger partial charge in [-0.05, 0) is 25.3 Å². The SMILES string of the molecule is CC(C)(C(=O)O)n1cnc2ccsc2c1=O. The van der Waals surface area contributed by atoms with E-state index in [0.29, 0.717) is 10.2 Å². The normalized spacial score (nSPS) is 11.9. The molecule has 2 aromatic rings. The number of hydrogen-bond acceptors (Lipinski definition) is 4. The molecule has 0 amide bonds. The minimum absolute atomic E-state index is 0.313. The van der Waals surface area contributed by atoms with E-state index in [-0.39, 0.29) is 5.56 Å². The fourth-order valence-electron chi connectivity index (χ4n) is 1.35. The van der Waals surface area contributed by atoms with E-state index < -0.39 is 11.5 Å². The van der Waals surface area contributed by atoms with Gasteiger partial charge in [-0.1, -0.05) is 0 Å². The molecule has 0 aliphatic heterocycles. The van der Waals surface area contributed by atoms with E-state index in [0.717, 1.165) is 4.57 Å². The minimum Gasteiger partial charge on any atom is -0.480 e. The zero-order valence-corrected chi connectivity index (χ0v) is 9.61. The maximum absolute atomic E-state index is 12.0. The summed E-state index contributed by atoms with van der Waals surface area (Å²) in [6.45, 7) is 2.94. The third-order valence-electron chi connectivity index (χ3n) is 2.50. The number of carboxylic acid groups (broad SMARTS) is 1. The average molecular weight is 238 g/mol. The molecule has 16 heavy (non-hydrogen) atoms. The third-order valence-corrected chi connectivity index (χ3v) is 3.39. The van der Waals surface area contributed by atoms with Gasteiger partial charge >= 0.3 is 5.97 Å². The quantitative estimate of drug-likeness (QED) is 0.855. The van der Waals surface area contributed by atoms with Gasteiger partial charge in [0, 0.05) is 0 Å². The Morgan fingerprint density at radius 2 is 2.25 bits per heavy atom. The molecule has 0 atom stereocenters. The van der Waals surface area contributed by atoms with E-state index in [1.54, 1.807) is 11.4 Å². The van der Waals surface area contributed by atoms with Gasteiger partial charge in [-0.25, -0.2) is 9.78 Å². The molecule has 2 heterocycles. The van der Waals surface area contributed by atoms with Crippen LogP contribution in [0.3, 0.4) is 0 Å². The Labute approximate surface area is 95.0 Å². The molecule has 0 unspecified atom stereocenters. The summed E-state index contributed by atoms with van der Waals surface area (Å²) in [5, 5.41) is 10.8. The maximum Gasteiger partial charge on any atom is 0.329 e. The Morgan fingerprint density at radius 1 is 1.56 bits per heavy atom. The Hall–Kier alpha value is -1.69. The number of hydrogen-bond donors (Lipinski definition) is 1. The molecule has 1 N–H and O–H groups in total. The Morgan fingerprint density at radius 3 is 2.88 bits per heavy atom. The summed E-state index contributed by atoms with van der Waals surface area (Å²) in [6, 6.07) is 1.74. The number of aliphatic carboxylic acids is 1. The van der Waals surface area contributed by atoms with E-state index in [4.69, 9.17) is 5.11 Å². The fraction of sp³-hybridized carbons (Fsp3) is 0.300. The number of aromatic nitrogens is 2. The zero-order valence-electron chi connectivity index (χ0n) is 8.80. The monoisotopic (exact) mass is 238 g/mol. The van der Waals surface area contributed by atoms with E-state index in [9.17, 15) is 9.59 Å². The van der Waals surface area contributed by atoms with Crippen LogP contribution in [-0.2, 0) is 10.3 Å². The Balaban J connectivity index is 2.75. The van der Waals surface area contributed by atoms with Crippen molar-refractivity contribution in [1.82, 2.24) is 9.55 Å². The number of nitrogens with zero attached hydrogens (tertiary/aromatic N) is 2. The van der Waals surface area contributed by atoms with Gasteiger partial charge in [0.2, 0.25) is 0 Å². The first kappa shape index (κ1) is 10.8. The molecule has 0 aromatic carbocycles. The standard InChI is InChI=1S/C10H10N2O3S/c1-10(2,9(14)15)12-5-11-6-3-4-16-7(6)8(12)13/h3-5H,1-2H3,(H,14,15). The molecule has 0 aliphatic carbocycles. The second-order valence-corrected chi connectivity index (χ2v) is 4.83. The van der Waals surface area contributed by atoms with Crippen LogP contribution < -0.4 is 5.56 Å². The van der Waals surface area contributed by atoms with E-state index in [2.05, 4.69) is 4.98 Å². The van der Waals surface area contributed by atoms with Crippen LogP contribution in [0.15, 0.2) is 22.6 Å². The molecule has 84 valence electrons. The summed E-state index contributed by atoms with van der Waals surface area (Å²) >= 11 is 1.27. The van der Waals surface area contributed by atoms with E-state index >= 15 is 0 Å². The molecule has 0 fully saturated rings. The lowest BCUT2D eigenvalue weighted by Crippen LogP contribution is -2.42. The van der Waals surface area contributed by atoms with Crippen molar-refractivity contribution < 1.29 is 9.90 Å². The molecule has 0 spiro atoms. The van der Waals surface area contributed by atoms with Gasteiger partial charge in [-0.2, -0.15) is 0 Å². The Kier molecular flexibility index (Phi) is 2.31. The van der Waals surface area contributed by atoms with Gasteiger partial charge in [0.15, 0.2) is 0 Å². The summed E-state index contributed by atoms with van der Waals surface area (Å²) in [7, 11) is 0. The second kappa shape index (κ2) is 3.41. The highest BCUT2D eigenvalue weighted by atomic mass is 32.1. The van der Waals surface area contributed by atoms with Crippen LogP contribution in [-0.4, -0.2) is 20.6 Å². The summed E-state index contributed by atoms with van der Waals surface area (Å²) in [6.07, 6.45) is 1.28. The number of thiophene rings is 1. The first-order chi connectivity index (χ1) is 7.44.